The first-order valence-electron chi connectivity index (χ1n) is 14.0. The van der Waals surface area contributed by atoms with Crippen molar-refractivity contribution in [1.82, 2.24) is 24.3 Å². The fourth-order valence-corrected chi connectivity index (χ4v) is 5.68. The molecule has 0 atom stereocenters. The van der Waals surface area contributed by atoms with Crippen LogP contribution >= 0.6 is 23.8 Å². The van der Waals surface area contributed by atoms with Gasteiger partial charge in [-0.1, -0.05) is 48.1 Å². The summed E-state index contributed by atoms with van der Waals surface area (Å²) in [4.78, 5) is 15.2. The number of ether oxygens (including phenoxy) is 1. The molecule has 3 heterocycles. The quantitative estimate of drug-likeness (QED) is 0.148. The maximum absolute atomic E-state index is 6.11. The standard InChI is InChI=1S/C33H32ClN5OS/c1-24-6-15-31-30(23-24)36-32(29-5-2-3-16-35-29)39(31)27-11-13-28(14-12-27)40-22-4-17-37-18-20-38(21-19-37)33(41)25-7-9-26(34)10-8-25/h2-3,5-16,23H,4,17-22H2,1H3. The van der Waals surface area contributed by atoms with Gasteiger partial charge in [0.2, 0.25) is 0 Å². The Hall–Kier alpha value is -3.78. The minimum absolute atomic E-state index is 0.676. The third kappa shape index (κ3) is 6.27. The number of nitrogens with zero attached hydrogens (tertiary/aromatic N) is 5. The Morgan fingerprint density at radius 2 is 1.71 bits per heavy atom. The summed E-state index contributed by atoms with van der Waals surface area (Å²) in [6.45, 7) is 7.64. The van der Waals surface area contributed by atoms with E-state index in [1.165, 1.54) is 5.56 Å². The fourth-order valence-electron chi connectivity index (χ4n) is 5.24. The van der Waals surface area contributed by atoms with Crippen LogP contribution in [0.1, 0.15) is 17.5 Å². The maximum Gasteiger partial charge on any atom is 0.164 e. The van der Waals surface area contributed by atoms with Crippen molar-refractivity contribution in [3.8, 4) is 23.0 Å². The van der Waals surface area contributed by atoms with E-state index in [9.17, 15) is 0 Å². The van der Waals surface area contributed by atoms with Crippen molar-refractivity contribution in [2.75, 3.05) is 39.3 Å². The molecule has 1 aliphatic rings. The monoisotopic (exact) mass is 581 g/mol. The van der Waals surface area contributed by atoms with Crippen molar-refractivity contribution in [2.45, 2.75) is 13.3 Å². The SMILES string of the molecule is Cc1ccc2c(c1)nc(-c1ccccn1)n2-c1ccc(OCCCN2CCN(C(=S)c3ccc(Cl)cc3)CC2)cc1. The lowest BCUT2D eigenvalue weighted by atomic mass is 10.2. The van der Waals surface area contributed by atoms with Gasteiger partial charge in [-0.15, -0.1) is 0 Å². The second-order valence-corrected chi connectivity index (χ2v) is 11.1. The molecule has 0 N–H and O–H groups in total. The number of benzene rings is 3. The van der Waals surface area contributed by atoms with Crippen LogP contribution < -0.4 is 4.74 Å². The molecule has 0 radical (unpaired) electrons. The smallest absolute Gasteiger partial charge is 0.164 e. The molecule has 0 amide bonds. The molecule has 208 valence electrons. The molecular weight excluding hydrogens is 550 g/mol. The number of imidazole rings is 1. The molecule has 1 fully saturated rings. The van der Waals surface area contributed by atoms with Gasteiger partial charge in [0.25, 0.3) is 0 Å². The van der Waals surface area contributed by atoms with Crippen molar-refractivity contribution >= 4 is 39.8 Å². The van der Waals surface area contributed by atoms with E-state index in [0.717, 1.165) is 88.7 Å². The van der Waals surface area contributed by atoms with Crippen LogP contribution in [-0.2, 0) is 0 Å². The van der Waals surface area contributed by atoms with Crippen molar-refractivity contribution in [1.29, 1.82) is 0 Å². The van der Waals surface area contributed by atoms with Gasteiger partial charge in [-0.05, 0) is 79.6 Å². The van der Waals surface area contributed by atoms with Crippen molar-refractivity contribution in [3.63, 3.8) is 0 Å². The van der Waals surface area contributed by atoms with Gasteiger partial charge in [0.1, 0.15) is 16.4 Å². The average molecular weight is 582 g/mol. The Morgan fingerprint density at radius 3 is 2.44 bits per heavy atom. The first kappa shape index (κ1) is 27.4. The van der Waals surface area contributed by atoms with Gasteiger partial charge in [0.05, 0.1) is 17.6 Å². The van der Waals surface area contributed by atoms with Gasteiger partial charge >= 0.3 is 0 Å². The number of piperazine rings is 1. The molecule has 0 aliphatic carbocycles. The van der Waals surface area contributed by atoms with E-state index in [0.29, 0.717) is 6.61 Å². The van der Waals surface area contributed by atoms with Crippen molar-refractivity contribution < 1.29 is 4.74 Å². The van der Waals surface area contributed by atoms with E-state index in [2.05, 4.69) is 56.6 Å². The molecule has 3 aromatic carbocycles. The minimum atomic E-state index is 0.676. The number of rotatable bonds is 8. The predicted molar refractivity (Wildman–Crippen MR) is 170 cm³/mol. The maximum atomic E-state index is 6.11. The van der Waals surface area contributed by atoms with E-state index in [-0.39, 0.29) is 0 Å². The van der Waals surface area contributed by atoms with Crippen molar-refractivity contribution in [3.05, 3.63) is 107 Å². The van der Waals surface area contributed by atoms with Crippen LogP contribution in [0.25, 0.3) is 28.2 Å². The lowest BCUT2D eigenvalue weighted by Crippen LogP contribution is -2.48. The number of pyridine rings is 1. The molecular formula is C33H32ClN5OS. The van der Waals surface area contributed by atoms with Crippen molar-refractivity contribution in [2.24, 2.45) is 0 Å². The molecule has 0 bridgehead atoms. The Bertz CT molecular complexity index is 1630. The summed E-state index contributed by atoms with van der Waals surface area (Å²) in [7, 11) is 0. The van der Waals surface area contributed by atoms with E-state index >= 15 is 0 Å². The van der Waals surface area contributed by atoms with Gasteiger partial charge < -0.3 is 9.64 Å². The number of hydrogen-bond acceptors (Lipinski definition) is 5. The van der Waals surface area contributed by atoms with E-state index in [1.54, 1.807) is 6.20 Å². The van der Waals surface area contributed by atoms with Crippen LogP contribution in [-0.4, -0.2) is 68.7 Å². The first-order valence-corrected chi connectivity index (χ1v) is 14.7. The Labute approximate surface area is 251 Å². The third-order valence-electron chi connectivity index (χ3n) is 7.44. The van der Waals surface area contributed by atoms with Crippen LogP contribution in [0.5, 0.6) is 5.75 Å². The molecule has 0 spiro atoms. The lowest BCUT2D eigenvalue weighted by molar-refractivity contribution is 0.171. The van der Waals surface area contributed by atoms with Gasteiger partial charge in [-0.25, -0.2) is 4.98 Å². The number of aromatic nitrogens is 3. The molecule has 6 rings (SSSR count). The zero-order valence-corrected chi connectivity index (χ0v) is 24.6. The van der Waals surface area contributed by atoms with Crippen LogP contribution in [0, 0.1) is 6.92 Å². The normalized spacial score (nSPS) is 14.0. The predicted octanol–water partition coefficient (Wildman–Crippen LogP) is 6.81. The topological polar surface area (TPSA) is 46.4 Å². The average Bonchev–Trinajstić information content (AvgIpc) is 3.39. The molecule has 41 heavy (non-hydrogen) atoms. The number of hydrogen-bond donors (Lipinski definition) is 0. The summed E-state index contributed by atoms with van der Waals surface area (Å²) in [5.41, 5.74) is 6.12. The molecule has 1 saturated heterocycles. The Balaban J connectivity index is 1.03. The van der Waals surface area contributed by atoms with Crippen LogP contribution in [0.2, 0.25) is 5.02 Å². The molecule has 2 aromatic heterocycles. The van der Waals surface area contributed by atoms with Gasteiger partial charge in [0, 0.05) is 55.2 Å². The zero-order chi connectivity index (χ0) is 28.2. The molecule has 0 unspecified atom stereocenters. The lowest BCUT2D eigenvalue weighted by Gasteiger charge is -2.36. The summed E-state index contributed by atoms with van der Waals surface area (Å²) in [5, 5.41) is 0.733. The summed E-state index contributed by atoms with van der Waals surface area (Å²) in [6, 6.07) is 28.3. The number of aryl methyl sites for hydroxylation is 1. The Kier molecular flexibility index (Phi) is 8.28. The highest BCUT2D eigenvalue weighted by molar-refractivity contribution is 7.80. The third-order valence-corrected chi connectivity index (χ3v) is 8.18. The highest BCUT2D eigenvalue weighted by Crippen LogP contribution is 2.29. The highest BCUT2D eigenvalue weighted by atomic mass is 35.5. The van der Waals surface area contributed by atoms with Crippen LogP contribution in [0.3, 0.4) is 0 Å². The molecule has 0 saturated carbocycles. The summed E-state index contributed by atoms with van der Waals surface area (Å²) in [6.07, 6.45) is 2.77. The Morgan fingerprint density at radius 1 is 0.927 bits per heavy atom. The van der Waals surface area contributed by atoms with Gasteiger partial charge in [0.15, 0.2) is 5.82 Å². The van der Waals surface area contributed by atoms with Gasteiger partial charge in [-0.3, -0.25) is 14.5 Å². The molecule has 1 aliphatic heterocycles. The summed E-state index contributed by atoms with van der Waals surface area (Å²) >= 11 is 11.7. The minimum Gasteiger partial charge on any atom is -0.494 e. The number of halogens is 1. The van der Waals surface area contributed by atoms with E-state index in [4.69, 9.17) is 33.5 Å². The molecule has 5 aromatic rings. The van der Waals surface area contributed by atoms with Crippen LogP contribution in [0.4, 0.5) is 0 Å². The van der Waals surface area contributed by atoms with E-state index in [1.807, 2.05) is 54.6 Å². The summed E-state index contributed by atoms with van der Waals surface area (Å²) in [5.74, 6) is 1.69. The van der Waals surface area contributed by atoms with Crippen LogP contribution in [0.15, 0.2) is 91.1 Å². The second kappa shape index (κ2) is 12.4. The first-order chi connectivity index (χ1) is 20.0. The fraction of sp³-hybridized carbons (Fsp3) is 0.242. The molecule has 6 nitrogen and oxygen atoms in total. The largest absolute Gasteiger partial charge is 0.494 e. The summed E-state index contributed by atoms with van der Waals surface area (Å²) < 4.78 is 8.27. The number of fused-ring (bicyclic) bond motifs is 1. The molecule has 8 heteroatoms. The van der Waals surface area contributed by atoms with Gasteiger partial charge in [-0.2, -0.15) is 0 Å². The zero-order valence-electron chi connectivity index (χ0n) is 23.0. The highest BCUT2D eigenvalue weighted by Gasteiger charge is 2.20. The second-order valence-electron chi connectivity index (χ2n) is 10.3. The number of thiocarbonyl (C=S) groups is 1. The van der Waals surface area contributed by atoms with E-state index < -0.39 is 0 Å².